The molecule has 1 saturated carbocycles. The Hall–Kier alpha value is -0.670. The molecule has 1 aromatic rings. The Balaban J connectivity index is 1.78. The monoisotopic (exact) mass is 265 g/mol. The second-order valence-electron chi connectivity index (χ2n) is 5.39. The number of aromatic hydroxyl groups is 1. The lowest BCUT2D eigenvalue weighted by molar-refractivity contribution is 0.332. The van der Waals surface area contributed by atoms with Gasteiger partial charge in [-0.15, -0.1) is 0 Å². The van der Waals surface area contributed by atoms with Crippen molar-refractivity contribution in [2.75, 3.05) is 12.8 Å². The lowest BCUT2D eigenvalue weighted by Crippen LogP contribution is -2.46. The maximum absolute atomic E-state index is 9.25. The molecule has 0 radical (unpaired) electrons. The van der Waals surface area contributed by atoms with E-state index in [9.17, 15) is 5.11 Å². The molecule has 0 aromatic heterocycles. The first-order chi connectivity index (χ1) is 8.63. The smallest absolute Gasteiger partial charge is 0.115 e. The lowest BCUT2D eigenvalue weighted by Gasteiger charge is -2.41. The summed E-state index contributed by atoms with van der Waals surface area (Å²) in [5.41, 5.74) is 1.28. The van der Waals surface area contributed by atoms with Gasteiger partial charge < -0.3 is 10.4 Å². The molecule has 0 spiro atoms. The lowest BCUT2D eigenvalue weighted by atomic mass is 9.84. The zero-order valence-electron chi connectivity index (χ0n) is 11.3. The summed E-state index contributed by atoms with van der Waals surface area (Å²) >= 11 is 2.01. The summed E-state index contributed by atoms with van der Waals surface area (Å²) in [5, 5.41) is 12.9. The second kappa shape index (κ2) is 5.98. The number of hydrogen-bond acceptors (Lipinski definition) is 3. The summed E-state index contributed by atoms with van der Waals surface area (Å²) in [6.45, 7) is 3.35. The van der Waals surface area contributed by atoms with E-state index in [1.165, 1.54) is 24.8 Å². The third kappa shape index (κ3) is 3.42. The van der Waals surface area contributed by atoms with E-state index in [0.29, 0.717) is 16.5 Å². The predicted octanol–water partition coefficient (Wildman–Crippen LogP) is 3.20. The van der Waals surface area contributed by atoms with Crippen molar-refractivity contribution in [1.82, 2.24) is 5.32 Å². The fourth-order valence-electron chi connectivity index (χ4n) is 2.44. The van der Waals surface area contributed by atoms with Crippen LogP contribution in [0.4, 0.5) is 0 Å². The van der Waals surface area contributed by atoms with Gasteiger partial charge in [0, 0.05) is 17.3 Å². The van der Waals surface area contributed by atoms with Gasteiger partial charge in [0.25, 0.3) is 0 Å². The van der Waals surface area contributed by atoms with Gasteiger partial charge in [-0.2, -0.15) is 11.8 Å². The molecule has 1 fully saturated rings. The summed E-state index contributed by atoms with van der Waals surface area (Å²) in [6.07, 6.45) is 7.34. The van der Waals surface area contributed by atoms with Crippen molar-refractivity contribution in [2.24, 2.45) is 0 Å². The van der Waals surface area contributed by atoms with Crippen molar-refractivity contribution in [3.63, 3.8) is 0 Å². The van der Waals surface area contributed by atoms with Crippen LogP contribution in [0.5, 0.6) is 5.75 Å². The van der Waals surface area contributed by atoms with E-state index in [1.807, 2.05) is 23.9 Å². The van der Waals surface area contributed by atoms with Crippen molar-refractivity contribution >= 4 is 11.8 Å². The van der Waals surface area contributed by atoms with Crippen molar-refractivity contribution in [2.45, 2.75) is 43.4 Å². The van der Waals surface area contributed by atoms with Crippen LogP contribution in [-0.2, 0) is 6.42 Å². The van der Waals surface area contributed by atoms with Gasteiger partial charge in [0.05, 0.1) is 0 Å². The first kappa shape index (κ1) is 13.8. The molecular formula is C15H23NOS. The molecule has 18 heavy (non-hydrogen) atoms. The van der Waals surface area contributed by atoms with E-state index >= 15 is 0 Å². The molecule has 0 bridgehead atoms. The maximum Gasteiger partial charge on any atom is 0.115 e. The summed E-state index contributed by atoms with van der Waals surface area (Å²) < 4.78 is 0.503. The van der Waals surface area contributed by atoms with Gasteiger partial charge in [0.1, 0.15) is 5.75 Å². The average Bonchev–Trinajstić information content (AvgIpc) is 2.31. The van der Waals surface area contributed by atoms with Gasteiger partial charge in [-0.1, -0.05) is 18.6 Å². The van der Waals surface area contributed by atoms with Crippen molar-refractivity contribution in [3.8, 4) is 5.75 Å². The van der Waals surface area contributed by atoms with Crippen LogP contribution in [-0.4, -0.2) is 28.7 Å². The minimum absolute atomic E-state index is 0.343. The van der Waals surface area contributed by atoms with Crippen LogP contribution in [0.1, 0.15) is 31.7 Å². The molecule has 0 amide bonds. The predicted molar refractivity (Wildman–Crippen MR) is 79.4 cm³/mol. The quantitative estimate of drug-likeness (QED) is 0.828. The van der Waals surface area contributed by atoms with Crippen LogP contribution >= 0.6 is 11.8 Å². The van der Waals surface area contributed by atoms with Crippen molar-refractivity contribution < 1.29 is 5.11 Å². The summed E-state index contributed by atoms with van der Waals surface area (Å²) in [6, 6.07) is 8.01. The maximum atomic E-state index is 9.25. The van der Waals surface area contributed by atoms with Crippen LogP contribution in [0.15, 0.2) is 24.3 Å². The van der Waals surface area contributed by atoms with E-state index in [-0.39, 0.29) is 0 Å². The number of thioether (sulfide) groups is 1. The second-order valence-corrected chi connectivity index (χ2v) is 6.67. The number of benzene rings is 1. The Kier molecular flexibility index (Phi) is 4.57. The van der Waals surface area contributed by atoms with E-state index in [1.54, 1.807) is 12.1 Å². The molecule has 0 heterocycles. The van der Waals surface area contributed by atoms with Crippen molar-refractivity contribution in [1.29, 1.82) is 0 Å². The molecule has 3 heteroatoms. The van der Waals surface area contributed by atoms with Gasteiger partial charge in [-0.25, -0.2) is 0 Å². The molecule has 100 valence electrons. The molecule has 0 aliphatic heterocycles. The van der Waals surface area contributed by atoms with Gasteiger partial charge in [-0.05, 0) is 50.1 Å². The largest absolute Gasteiger partial charge is 0.508 e. The van der Waals surface area contributed by atoms with Crippen LogP contribution in [0.3, 0.4) is 0 Å². The van der Waals surface area contributed by atoms with Crippen LogP contribution in [0, 0.1) is 0 Å². The Labute approximate surface area is 114 Å². The Bertz CT molecular complexity index is 367. The van der Waals surface area contributed by atoms with Crippen LogP contribution in [0.25, 0.3) is 0 Å². The van der Waals surface area contributed by atoms with Gasteiger partial charge >= 0.3 is 0 Å². The minimum Gasteiger partial charge on any atom is -0.508 e. The van der Waals surface area contributed by atoms with Gasteiger partial charge in [0.15, 0.2) is 0 Å². The number of rotatable bonds is 6. The van der Waals surface area contributed by atoms with Crippen LogP contribution < -0.4 is 5.32 Å². The van der Waals surface area contributed by atoms with E-state index in [2.05, 4.69) is 18.5 Å². The Morgan fingerprint density at radius 2 is 2.00 bits per heavy atom. The summed E-state index contributed by atoms with van der Waals surface area (Å²) in [4.78, 5) is 0. The van der Waals surface area contributed by atoms with Gasteiger partial charge in [-0.3, -0.25) is 0 Å². The first-order valence-electron chi connectivity index (χ1n) is 6.70. The standard InChI is InChI=1S/C15H23NOS/c1-12(10-13-4-6-14(17)7-5-13)16-11-15(18-2)8-3-9-15/h4-7,12,16-17H,3,8-11H2,1-2H3. The summed E-state index contributed by atoms with van der Waals surface area (Å²) in [7, 11) is 0. The third-order valence-corrected chi connectivity index (χ3v) is 5.37. The topological polar surface area (TPSA) is 32.3 Å². The van der Waals surface area contributed by atoms with Crippen molar-refractivity contribution in [3.05, 3.63) is 29.8 Å². The number of phenols is 1. The number of phenolic OH excluding ortho intramolecular Hbond substituents is 1. The third-order valence-electron chi connectivity index (χ3n) is 3.95. The number of nitrogens with one attached hydrogen (secondary N) is 1. The van der Waals surface area contributed by atoms with E-state index in [4.69, 9.17) is 0 Å². The average molecular weight is 265 g/mol. The molecule has 2 rings (SSSR count). The van der Waals surface area contributed by atoms with E-state index < -0.39 is 0 Å². The molecule has 0 saturated heterocycles. The Morgan fingerprint density at radius 1 is 1.33 bits per heavy atom. The SMILES string of the molecule is CSC1(CNC(C)Cc2ccc(O)cc2)CCC1. The highest BCUT2D eigenvalue weighted by atomic mass is 32.2. The zero-order chi connectivity index (χ0) is 13.0. The van der Waals surface area contributed by atoms with Crippen LogP contribution in [0.2, 0.25) is 0 Å². The molecule has 1 aliphatic rings. The molecule has 1 atom stereocenters. The fraction of sp³-hybridized carbons (Fsp3) is 0.600. The molecule has 2 nitrogen and oxygen atoms in total. The highest BCUT2D eigenvalue weighted by Gasteiger charge is 2.35. The minimum atomic E-state index is 0.343. The fourth-order valence-corrected chi connectivity index (χ4v) is 3.37. The number of hydrogen-bond donors (Lipinski definition) is 2. The normalized spacial score (nSPS) is 19.2. The Morgan fingerprint density at radius 3 is 2.50 bits per heavy atom. The molecule has 1 unspecified atom stereocenters. The van der Waals surface area contributed by atoms with Gasteiger partial charge in [0.2, 0.25) is 0 Å². The first-order valence-corrected chi connectivity index (χ1v) is 7.92. The zero-order valence-corrected chi connectivity index (χ0v) is 12.1. The highest BCUT2D eigenvalue weighted by Crippen LogP contribution is 2.42. The molecular weight excluding hydrogens is 242 g/mol. The molecule has 2 N–H and O–H groups in total. The van der Waals surface area contributed by atoms with E-state index in [0.717, 1.165) is 13.0 Å². The molecule has 1 aromatic carbocycles. The summed E-state index contributed by atoms with van der Waals surface area (Å²) in [5.74, 6) is 0.343. The highest BCUT2D eigenvalue weighted by molar-refractivity contribution is 8.00. The molecule has 1 aliphatic carbocycles.